The van der Waals surface area contributed by atoms with Crippen LogP contribution in [0.3, 0.4) is 0 Å². The minimum atomic E-state index is 0.605. The van der Waals surface area contributed by atoms with Crippen LogP contribution in [0.5, 0.6) is 0 Å². The van der Waals surface area contributed by atoms with Crippen molar-refractivity contribution in [2.75, 3.05) is 6.54 Å². The number of aromatic nitrogens is 4. The van der Waals surface area contributed by atoms with Gasteiger partial charge in [0.1, 0.15) is 0 Å². The molecule has 0 aliphatic rings. The molecule has 16 heavy (non-hydrogen) atoms. The zero-order chi connectivity index (χ0) is 11.2. The summed E-state index contributed by atoms with van der Waals surface area (Å²) >= 11 is 0. The molecule has 6 nitrogen and oxygen atoms in total. The molecule has 0 bridgehead atoms. The number of hydrogen-bond donors (Lipinski definition) is 1. The molecule has 1 N–H and O–H groups in total. The van der Waals surface area contributed by atoms with Gasteiger partial charge in [-0.2, -0.15) is 10.1 Å². The molecule has 0 aliphatic carbocycles. The Hall–Kier alpha value is -1.69. The zero-order valence-electron chi connectivity index (χ0n) is 9.26. The van der Waals surface area contributed by atoms with Gasteiger partial charge >= 0.3 is 0 Å². The molecule has 0 fully saturated rings. The van der Waals surface area contributed by atoms with E-state index in [1.807, 2.05) is 16.9 Å². The highest BCUT2D eigenvalue weighted by Crippen LogP contribution is 1.94. The second kappa shape index (κ2) is 5.41. The van der Waals surface area contributed by atoms with Crippen LogP contribution in [0.4, 0.5) is 0 Å². The fourth-order valence-corrected chi connectivity index (χ4v) is 1.41. The van der Waals surface area contributed by atoms with E-state index in [1.54, 1.807) is 13.1 Å². The minimum absolute atomic E-state index is 0.605. The van der Waals surface area contributed by atoms with Gasteiger partial charge in [-0.25, -0.2) is 0 Å². The van der Waals surface area contributed by atoms with Crippen LogP contribution in [0, 0.1) is 6.92 Å². The summed E-state index contributed by atoms with van der Waals surface area (Å²) in [6.07, 6.45) is 4.77. The second-order valence-electron chi connectivity index (χ2n) is 3.53. The predicted octanol–water partition coefficient (Wildman–Crippen LogP) is 0.754. The molecule has 0 spiro atoms. The maximum Gasteiger partial charge on any atom is 0.223 e. The van der Waals surface area contributed by atoms with Crippen molar-refractivity contribution in [3.8, 4) is 0 Å². The Morgan fingerprint density at radius 3 is 3.12 bits per heavy atom. The van der Waals surface area contributed by atoms with Gasteiger partial charge in [-0.05, 0) is 19.0 Å². The average Bonchev–Trinajstić information content (AvgIpc) is 2.89. The topological polar surface area (TPSA) is 68.8 Å². The van der Waals surface area contributed by atoms with Crippen molar-refractivity contribution in [1.82, 2.24) is 25.2 Å². The van der Waals surface area contributed by atoms with E-state index in [4.69, 9.17) is 4.52 Å². The molecule has 0 saturated carbocycles. The third-order valence-electron chi connectivity index (χ3n) is 2.15. The summed E-state index contributed by atoms with van der Waals surface area (Å²) in [5.74, 6) is 1.31. The first-order chi connectivity index (χ1) is 7.84. The third kappa shape index (κ3) is 3.16. The molecule has 0 unspecified atom stereocenters. The summed E-state index contributed by atoms with van der Waals surface area (Å²) in [4.78, 5) is 4.10. The van der Waals surface area contributed by atoms with Gasteiger partial charge in [-0.1, -0.05) is 5.16 Å². The Morgan fingerprint density at radius 1 is 1.50 bits per heavy atom. The van der Waals surface area contributed by atoms with Gasteiger partial charge in [-0.15, -0.1) is 0 Å². The number of aryl methyl sites for hydroxylation is 2. The Labute approximate surface area is 93.7 Å². The van der Waals surface area contributed by atoms with Crippen molar-refractivity contribution in [3.63, 3.8) is 0 Å². The van der Waals surface area contributed by atoms with Crippen LogP contribution >= 0.6 is 0 Å². The Kier molecular flexibility index (Phi) is 3.66. The van der Waals surface area contributed by atoms with Crippen LogP contribution in [0.2, 0.25) is 0 Å². The van der Waals surface area contributed by atoms with Crippen molar-refractivity contribution >= 4 is 0 Å². The highest BCUT2D eigenvalue weighted by molar-refractivity contribution is 4.82. The van der Waals surface area contributed by atoms with Gasteiger partial charge in [-0.3, -0.25) is 4.68 Å². The Bertz CT molecular complexity index is 409. The van der Waals surface area contributed by atoms with Gasteiger partial charge in [0.15, 0.2) is 5.82 Å². The molecule has 0 radical (unpaired) electrons. The third-order valence-corrected chi connectivity index (χ3v) is 2.15. The van der Waals surface area contributed by atoms with E-state index in [1.165, 1.54) is 0 Å². The van der Waals surface area contributed by atoms with Crippen LogP contribution in [-0.4, -0.2) is 26.5 Å². The van der Waals surface area contributed by atoms with E-state index in [2.05, 4.69) is 20.6 Å². The fourth-order valence-electron chi connectivity index (χ4n) is 1.41. The first-order valence-corrected chi connectivity index (χ1v) is 5.32. The van der Waals surface area contributed by atoms with Crippen molar-refractivity contribution < 1.29 is 4.52 Å². The molecule has 6 heteroatoms. The summed E-state index contributed by atoms with van der Waals surface area (Å²) in [6, 6.07) is 1.93. The van der Waals surface area contributed by atoms with Crippen LogP contribution in [0.1, 0.15) is 18.1 Å². The van der Waals surface area contributed by atoms with Crippen LogP contribution in [-0.2, 0) is 13.1 Å². The molecule has 2 aromatic heterocycles. The molecule has 2 rings (SSSR count). The molecule has 2 aromatic rings. The van der Waals surface area contributed by atoms with Crippen LogP contribution in [0.15, 0.2) is 23.0 Å². The summed E-state index contributed by atoms with van der Waals surface area (Å²) in [5.41, 5.74) is 0. The summed E-state index contributed by atoms with van der Waals surface area (Å²) < 4.78 is 6.78. The van der Waals surface area contributed by atoms with Crippen molar-refractivity contribution in [2.45, 2.75) is 26.4 Å². The maximum atomic E-state index is 4.87. The molecule has 0 atom stereocenters. The lowest BCUT2D eigenvalue weighted by Gasteiger charge is -2.02. The van der Waals surface area contributed by atoms with E-state index >= 15 is 0 Å². The van der Waals surface area contributed by atoms with Crippen molar-refractivity contribution in [2.24, 2.45) is 0 Å². The van der Waals surface area contributed by atoms with Gasteiger partial charge in [0.05, 0.1) is 6.54 Å². The second-order valence-corrected chi connectivity index (χ2v) is 3.53. The highest BCUT2D eigenvalue weighted by atomic mass is 16.5. The number of nitrogens with zero attached hydrogens (tertiary/aromatic N) is 4. The largest absolute Gasteiger partial charge is 0.340 e. The highest BCUT2D eigenvalue weighted by Gasteiger charge is 2.00. The maximum absolute atomic E-state index is 4.87. The minimum Gasteiger partial charge on any atom is -0.340 e. The Morgan fingerprint density at radius 2 is 2.44 bits per heavy atom. The SMILES string of the molecule is Cc1nc(CNCCCn2cccn2)no1. The first kappa shape index (κ1) is 10.8. The van der Waals surface area contributed by atoms with E-state index in [0.717, 1.165) is 19.5 Å². The fraction of sp³-hybridized carbons (Fsp3) is 0.500. The molecule has 86 valence electrons. The van der Waals surface area contributed by atoms with Gasteiger partial charge in [0.2, 0.25) is 5.89 Å². The normalized spacial score (nSPS) is 10.8. The lowest BCUT2D eigenvalue weighted by Crippen LogP contribution is -2.17. The Balaban J connectivity index is 1.59. The van der Waals surface area contributed by atoms with Gasteiger partial charge in [0.25, 0.3) is 0 Å². The summed E-state index contributed by atoms with van der Waals surface area (Å²) in [6.45, 7) is 4.27. The number of hydrogen-bond acceptors (Lipinski definition) is 5. The molecular formula is C10H15N5O. The molecule has 0 aromatic carbocycles. The average molecular weight is 221 g/mol. The molecule has 0 aliphatic heterocycles. The smallest absolute Gasteiger partial charge is 0.223 e. The zero-order valence-corrected chi connectivity index (χ0v) is 9.26. The number of rotatable bonds is 6. The van der Waals surface area contributed by atoms with E-state index in [-0.39, 0.29) is 0 Å². The summed E-state index contributed by atoms with van der Waals surface area (Å²) in [7, 11) is 0. The standard InChI is InChI=1S/C10H15N5O/c1-9-13-10(14-16-9)8-11-4-2-6-15-7-3-5-12-15/h3,5,7,11H,2,4,6,8H2,1H3. The monoisotopic (exact) mass is 221 g/mol. The van der Waals surface area contributed by atoms with Crippen LogP contribution in [0.25, 0.3) is 0 Å². The molecular weight excluding hydrogens is 206 g/mol. The van der Waals surface area contributed by atoms with Gasteiger partial charge < -0.3 is 9.84 Å². The van der Waals surface area contributed by atoms with E-state index < -0.39 is 0 Å². The molecule has 0 saturated heterocycles. The summed E-state index contributed by atoms with van der Waals surface area (Å²) in [5, 5.41) is 11.2. The van der Waals surface area contributed by atoms with Crippen molar-refractivity contribution in [1.29, 1.82) is 0 Å². The predicted molar refractivity (Wildman–Crippen MR) is 57.6 cm³/mol. The van der Waals surface area contributed by atoms with E-state index in [9.17, 15) is 0 Å². The van der Waals surface area contributed by atoms with Crippen LogP contribution < -0.4 is 5.32 Å². The van der Waals surface area contributed by atoms with E-state index in [0.29, 0.717) is 18.3 Å². The molecule has 0 amide bonds. The van der Waals surface area contributed by atoms with Gasteiger partial charge in [0, 0.05) is 25.9 Å². The first-order valence-electron chi connectivity index (χ1n) is 5.32. The lowest BCUT2D eigenvalue weighted by molar-refractivity contribution is 0.385. The quantitative estimate of drug-likeness (QED) is 0.729. The van der Waals surface area contributed by atoms with Crippen molar-refractivity contribution in [3.05, 3.63) is 30.2 Å². The number of nitrogens with one attached hydrogen (secondary N) is 1. The molecule has 2 heterocycles. The lowest BCUT2D eigenvalue weighted by atomic mass is 10.4.